The van der Waals surface area contributed by atoms with Crippen molar-refractivity contribution < 1.29 is 5.11 Å². The summed E-state index contributed by atoms with van der Waals surface area (Å²) in [4.78, 5) is 0. The first-order valence-electron chi connectivity index (χ1n) is 6.31. The first-order chi connectivity index (χ1) is 9.02. The van der Waals surface area contributed by atoms with Crippen molar-refractivity contribution in [2.75, 3.05) is 0 Å². The molecule has 4 nitrogen and oxygen atoms in total. The van der Waals surface area contributed by atoms with E-state index in [0.717, 1.165) is 16.9 Å². The van der Waals surface area contributed by atoms with Gasteiger partial charge in [-0.15, -0.1) is 0 Å². The van der Waals surface area contributed by atoms with Crippen molar-refractivity contribution in [1.29, 1.82) is 5.26 Å². The average Bonchev–Trinajstić information content (AvgIpc) is 2.87. The summed E-state index contributed by atoms with van der Waals surface area (Å²) in [7, 11) is 0. The molecule has 0 bridgehead atoms. The van der Waals surface area contributed by atoms with Gasteiger partial charge >= 0.3 is 0 Å². The minimum atomic E-state index is -0.602. The minimum absolute atomic E-state index is 0.343. The summed E-state index contributed by atoms with van der Waals surface area (Å²) < 4.78 is 1.72. The molecule has 98 valence electrons. The van der Waals surface area contributed by atoms with Crippen LogP contribution >= 0.6 is 0 Å². The zero-order valence-corrected chi connectivity index (χ0v) is 11.3. The van der Waals surface area contributed by atoms with E-state index in [0.29, 0.717) is 11.5 Å². The number of hydrogen-bond donors (Lipinski definition) is 1. The molecule has 0 amide bonds. The minimum Gasteiger partial charge on any atom is -0.389 e. The van der Waals surface area contributed by atoms with Gasteiger partial charge in [-0.2, -0.15) is 10.4 Å². The first kappa shape index (κ1) is 13.3. The Labute approximate surface area is 112 Å². The van der Waals surface area contributed by atoms with E-state index >= 15 is 0 Å². The lowest BCUT2D eigenvalue weighted by Gasteiger charge is -2.12. The fourth-order valence-electron chi connectivity index (χ4n) is 1.95. The Morgan fingerprint density at radius 3 is 2.53 bits per heavy atom. The van der Waals surface area contributed by atoms with Crippen LogP contribution in [0.25, 0.3) is 5.69 Å². The van der Waals surface area contributed by atoms with Crippen molar-refractivity contribution in [3.8, 4) is 11.8 Å². The largest absolute Gasteiger partial charge is 0.389 e. The maximum Gasteiger partial charge on any atom is 0.0992 e. The van der Waals surface area contributed by atoms with Gasteiger partial charge in [-0.25, -0.2) is 4.68 Å². The molecule has 0 aliphatic carbocycles. The molecule has 1 aromatic heterocycles. The number of nitriles is 1. The van der Waals surface area contributed by atoms with Crippen LogP contribution < -0.4 is 0 Å². The highest BCUT2D eigenvalue weighted by Gasteiger charge is 2.12. The van der Waals surface area contributed by atoms with Gasteiger partial charge in [0.25, 0.3) is 0 Å². The SMILES string of the molecule is CC(C)c1ccn(-c2cc(C#N)ccc2[C@H](C)O)n1. The van der Waals surface area contributed by atoms with Crippen molar-refractivity contribution in [3.63, 3.8) is 0 Å². The lowest BCUT2D eigenvalue weighted by molar-refractivity contribution is 0.199. The summed E-state index contributed by atoms with van der Waals surface area (Å²) in [6.45, 7) is 5.86. The van der Waals surface area contributed by atoms with Crippen molar-refractivity contribution >= 4 is 0 Å². The van der Waals surface area contributed by atoms with E-state index in [2.05, 4.69) is 25.0 Å². The van der Waals surface area contributed by atoms with E-state index in [1.165, 1.54) is 0 Å². The van der Waals surface area contributed by atoms with Crippen LogP contribution in [-0.2, 0) is 0 Å². The molecule has 2 aromatic rings. The number of rotatable bonds is 3. The second-order valence-electron chi connectivity index (χ2n) is 4.90. The number of hydrogen-bond acceptors (Lipinski definition) is 3. The molecule has 0 saturated heterocycles. The normalized spacial score (nSPS) is 12.4. The van der Waals surface area contributed by atoms with Crippen molar-refractivity contribution in [3.05, 3.63) is 47.3 Å². The fraction of sp³-hybridized carbons (Fsp3) is 0.333. The highest BCUT2D eigenvalue weighted by Crippen LogP contribution is 2.23. The predicted octanol–water partition coefficient (Wildman–Crippen LogP) is 2.92. The molecule has 1 atom stereocenters. The van der Waals surface area contributed by atoms with Crippen LogP contribution in [0, 0.1) is 11.3 Å². The molecule has 4 heteroatoms. The monoisotopic (exact) mass is 255 g/mol. The highest BCUT2D eigenvalue weighted by molar-refractivity contribution is 5.48. The molecule has 0 aliphatic rings. The molecule has 1 N–H and O–H groups in total. The van der Waals surface area contributed by atoms with Crippen LogP contribution in [-0.4, -0.2) is 14.9 Å². The molecule has 0 unspecified atom stereocenters. The number of nitrogens with zero attached hydrogens (tertiary/aromatic N) is 3. The van der Waals surface area contributed by atoms with E-state index in [-0.39, 0.29) is 0 Å². The van der Waals surface area contributed by atoms with E-state index in [9.17, 15) is 5.11 Å². The summed E-state index contributed by atoms with van der Waals surface area (Å²) in [5.41, 5.74) is 3.05. The number of benzene rings is 1. The maximum absolute atomic E-state index is 9.82. The van der Waals surface area contributed by atoms with Crippen molar-refractivity contribution in [2.24, 2.45) is 0 Å². The Hall–Kier alpha value is -2.12. The molecular formula is C15H17N3O. The summed E-state index contributed by atoms with van der Waals surface area (Å²) in [5, 5.41) is 23.3. The van der Waals surface area contributed by atoms with Crippen molar-refractivity contribution in [2.45, 2.75) is 32.8 Å². The zero-order chi connectivity index (χ0) is 14.0. The van der Waals surface area contributed by atoms with Gasteiger partial charge in [0.2, 0.25) is 0 Å². The van der Waals surface area contributed by atoms with Gasteiger partial charge in [0.05, 0.1) is 29.1 Å². The number of aromatic nitrogens is 2. The van der Waals surface area contributed by atoms with Crippen LogP contribution in [0.15, 0.2) is 30.5 Å². The zero-order valence-electron chi connectivity index (χ0n) is 11.3. The van der Waals surface area contributed by atoms with Crippen LogP contribution in [0.4, 0.5) is 0 Å². The fourth-order valence-corrected chi connectivity index (χ4v) is 1.95. The van der Waals surface area contributed by atoms with Gasteiger partial charge in [0.1, 0.15) is 0 Å². The maximum atomic E-state index is 9.82. The lowest BCUT2D eigenvalue weighted by Crippen LogP contribution is -2.04. The highest BCUT2D eigenvalue weighted by atomic mass is 16.3. The quantitative estimate of drug-likeness (QED) is 0.917. The van der Waals surface area contributed by atoms with Crippen molar-refractivity contribution in [1.82, 2.24) is 9.78 Å². The Balaban J connectivity index is 2.55. The topological polar surface area (TPSA) is 61.8 Å². The van der Waals surface area contributed by atoms with Crippen LogP contribution in [0.3, 0.4) is 0 Å². The van der Waals surface area contributed by atoms with Gasteiger partial charge < -0.3 is 5.11 Å². The molecule has 0 aliphatic heterocycles. The Morgan fingerprint density at radius 2 is 2.00 bits per heavy atom. The van der Waals surface area contributed by atoms with E-state index in [1.807, 2.05) is 12.3 Å². The lowest BCUT2D eigenvalue weighted by atomic mass is 10.1. The third-order valence-electron chi connectivity index (χ3n) is 3.06. The van der Waals surface area contributed by atoms with Crippen LogP contribution in [0.1, 0.15) is 49.6 Å². The molecule has 0 spiro atoms. The molecule has 19 heavy (non-hydrogen) atoms. The van der Waals surface area contributed by atoms with E-state index in [1.54, 1.807) is 29.8 Å². The van der Waals surface area contributed by atoms with E-state index < -0.39 is 6.10 Å². The van der Waals surface area contributed by atoms with Gasteiger partial charge in [-0.3, -0.25) is 0 Å². The van der Waals surface area contributed by atoms with Gasteiger partial charge in [-0.1, -0.05) is 19.9 Å². The van der Waals surface area contributed by atoms with E-state index in [4.69, 9.17) is 5.26 Å². The smallest absolute Gasteiger partial charge is 0.0992 e. The molecule has 1 aromatic carbocycles. The number of aliphatic hydroxyl groups excluding tert-OH is 1. The predicted molar refractivity (Wildman–Crippen MR) is 73.0 cm³/mol. The summed E-state index contributed by atoms with van der Waals surface area (Å²) in [6.07, 6.45) is 1.26. The van der Waals surface area contributed by atoms with Gasteiger partial charge in [-0.05, 0) is 31.0 Å². The average molecular weight is 255 g/mol. The second kappa shape index (κ2) is 5.25. The number of aliphatic hydroxyl groups is 1. The molecular weight excluding hydrogens is 238 g/mol. The Kier molecular flexibility index (Phi) is 3.68. The standard InChI is InChI=1S/C15H17N3O/c1-10(2)14-6-7-18(17-14)15-8-12(9-16)4-5-13(15)11(3)19/h4-8,10-11,19H,1-3H3/t11-/m0/s1. The molecule has 2 rings (SSSR count). The van der Waals surface area contributed by atoms with Crippen LogP contribution in [0.5, 0.6) is 0 Å². The molecule has 0 radical (unpaired) electrons. The second-order valence-corrected chi connectivity index (χ2v) is 4.90. The van der Waals surface area contributed by atoms with Gasteiger partial charge in [0.15, 0.2) is 0 Å². The molecule has 0 saturated carbocycles. The Morgan fingerprint density at radius 1 is 1.26 bits per heavy atom. The van der Waals surface area contributed by atoms with Crippen LogP contribution in [0.2, 0.25) is 0 Å². The summed E-state index contributed by atoms with van der Waals surface area (Å²) >= 11 is 0. The van der Waals surface area contributed by atoms with Gasteiger partial charge in [0, 0.05) is 11.8 Å². The molecule has 0 fully saturated rings. The Bertz CT molecular complexity index is 621. The first-order valence-corrected chi connectivity index (χ1v) is 6.31. The third-order valence-corrected chi connectivity index (χ3v) is 3.06. The third kappa shape index (κ3) is 2.67. The summed E-state index contributed by atoms with van der Waals surface area (Å²) in [5.74, 6) is 0.343. The summed E-state index contributed by atoms with van der Waals surface area (Å²) in [6, 6.07) is 9.29. The molecule has 1 heterocycles.